The highest BCUT2D eigenvalue weighted by molar-refractivity contribution is 6.19. The number of aryl methyl sites for hydroxylation is 2. The first-order valence-corrected chi connectivity index (χ1v) is 9.12. The highest BCUT2D eigenvalue weighted by Gasteiger charge is 2.42. The number of halogens is 2. The fraction of sp³-hybridized carbons (Fsp3) is 0.450. The lowest BCUT2D eigenvalue weighted by molar-refractivity contribution is -0.140. The molecule has 1 heterocycles. The predicted molar refractivity (Wildman–Crippen MR) is 102 cm³/mol. The van der Waals surface area contributed by atoms with Crippen molar-refractivity contribution in [2.75, 3.05) is 6.54 Å². The van der Waals surface area contributed by atoms with Crippen LogP contribution < -0.4 is 10.1 Å². The predicted octanol–water partition coefficient (Wildman–Crippen LogP) is 2.43. The second kappa shape index (κ2) is 8.68. The second-order valence-corrected chi connectivity index (χ2v) is 7.72. The molecule has 10 heteroatoms. The van der Waals surface area contributed by atoms with Gasteiger partial charge in [-0.25, -0.2) is 0 Å². The van der Waals surface area contributed by atoms with Gasteiger partial charge in [-0.2, -0.15) is 8.78 Å². The molecule has 1 aliphatic rings. The molecule has 0 atom stereocenters. The van der Waals surface area contributed by atoms with Gasteiger partial charge >= 0.3 is 12.6 Å². The van der Waals surface area contributed by atoms with Crippen molar-refractivity contribution in [3.63, 3.8) is 0 Å². The van der Waals surface area contributed by atoms with Crippen LogP contribution in [0.1, 0.15) is 37.0 Å². The number of rotatable bonds is 7. The molecule has 0 fully saturated rings. The molecule has 2 rings (SSSR count). The van der Waals surface area contributed by atoms with Crippen molar-refractivity contribution in [3.8, 4) is 5.75 Å². The Hall–Kier alpha value is -3.17. The van der Waals surface area contributed by atoms with Crippen LogP contribution in [0.25, 0.3) is 0 Å². The Morgan fingerprint density at radius 3 is 2.33 bits per heavy atom. The Morgan fingerprint density at radius 2 is 1.83 bits per heavy atom. The lowest BCUT2D eigenvalue weighted by atomic mass is 9.88. The van der Waals surface area contributed by atoms with Crippen LogP contribution in [0.2, 0.25) is 0 Å². The fourth-order valence-corrected chi connectivity index (χ4v) is 3.47. The molecule has 2 amide bonds. The van der Waals surface area contributed by atoms with Gasteiger partial charge in [-0.05, 0) is 44.4 Å². The zero-order chi connectivity index (χ0) is 22.8. The summed E-state index contributed by atoms with van der Waals surface area (Å²) in [4.78, 5) is 37.3. The van der Waals surface area contributed by atoms with Crippen molar-refractivity contribution in [3.05, 3.63) is 40.2 Å². The quantitative estimate of drug-likeness (QED) is 0.577. The number of ether oxygens (including phenoxy) is 1. The maximum absolute atomic E-state index is 13.0. The Bertz CT molecular complexity index is 888. The molecular formula is C20H24F2N2O6. The molecule has 1 aromatic carbocycles. The van der Waals surface area contributed by atoms with Gasteiger partial charge in [-0.15, -0.1) is 0 Å². The summed E-state index contributed by atoms with van der Waals surface area (Å²) in [5.41, 5.74) is 0.190. The molecule has 0 unspecified atom stereocenters. The van der Waals surface area contributed by atoms with Gasteiger partial charge in [0.15, 0.2) is 0 Å². The van der Waals surface area contributed by atoms with E-state index in [9.17, 15) is 28.3 Å². The third kappa shape index (κ3) is 5.05. The van der Waals surface area contributed by atoms with Crippen molar-refractivity contribution in [2.24, 2.45) is 0 Å². The molecule has 0 radical (unpaired) electrons. The molecule has 0 saturated heterocycles. The zero-order valence-electron chi connectivity index (χ0n) is 17.1. The van der Waals surface area contributed by atoms with E-state index in [0.717, 1.165) is 0 Å². The van der Waals surface area contributed by atoms with Gasteiger partial charge in [0.2, 0.25) is 0 Å². The third-order valence-electron chi connectivity index (χ3n) is 4.77. The van der Waals surface area contributed by atoms with Gasteiger partial charge in [-0.3, -0.25) is 14.4 Å². The second-order valence-electron chi connectivity index (χ2n) is 7.72. The van der Waals surface area contributed by atoms with Gasteiger partial charge in [0, 0.05) is 18.5 Å². The summed E-state index contributed by atoms with van der Waals surface area (Å²) < 4.78 is 29.7. The summed E-state index contributed by atoms with van der Waals surface area (Å²) in [5.74, 6) is -3.38. The average Bonchev–Trinajstić information content (AvgIpc) is 2.59. The van der Waals surface area contributed by atoms with Gasteiger partial charge < -0.3 is 25.2 Å². The molecule has 0 aliphatic carbocycles. The van der Waals surface area contributed by atoms with Crippen molar-refractivity contribution in [1.82, 2.24) is 10.2 Å². The highest BCUT2D eigenvalue weighted by atomic mass is 19.3. The lowest BCUT2D eigenvalue weighted by Gasteiger charge is -2.42. The van der Waals surface area contributed by atoms with Crippen LogP contribution >= 0.6 is 0 Å². The zero-order valence-corrected chi connectivity index (χ0v) is 17.1. The summed E-state index contributed by atoms with van der Waals surface area (Å²) in [6.07, 6.45) is -0.0148. The Kier molecular flexibility index (Phi) is 6.69. The molecule has 0 bridgehead atoms. The largest absolute Gasteiger partial charge is 0.511 e. The number of carbonyl (C=O) groups excluding carboxylic acids is 2. The third-order valence-corrected chi connectivity index (χ3v) is 4.77. The minimum absolute atomic E-state index is 0.0148. The van der Waals surface area contributed by atoms with Crippen LogP contribution in [0, 0.1) is 13.8 Å². The van der Waals surface area contributed by atoms with Crippen molar-refractivity contribution in [2.45, 2.75) is 52.8 Å². The number of amides is 2. The Balaban J connectivity index is 2.34. The van der Waals surface area contributed by atoms with Crippen LogP contribution in [0.5, 0.6) is 5.75 Å². The summed E-state index contributed by atoms with van der Waals surface area (Å²) in [6.45, 7) is 3.02. The summed E-state index contributed by atoms with van der Waals surface area (Å²) in [5, 5.41) is 21.0. The van der Waals surface area contributed by atoms with E-state index in [1.54, 1.807) is 39.8 Å². The number of aliphatic hydroxyl groups excluding tert-OH is 1. The van der Waals surface area contributed by atoms with Crippen molar-refractivity contribution >= 4 is 17.8 Å². The van der Waals surface area contributed by atoms with E-state index in [0.29, 0.717) is 16.7 Å². The summed E-state index contributed by atoms with van der Waals surface area (Å²) >= 11 is 0. The van der Waals surface area contributed by atoms with Crippen LogP contribution in [-0.2, 0) is 20.9 Å². The maximum atomic E-state index is 13.0. The van der Waals surface area contributed by atoms with E-state index in [1.807, 2.05) is 0 Å². The number of carbonyl (C=O) groups is 3. The molecule has 1 aliphatic heterocycles. The Labute approximate surface area is 172 Å². The van der Waals surface area contributed by atoms with Gasteiger partial charge in [0.25, 0.3) is 11.8 Å². The van der Waals surface area contributed by atoms with Gasteiger partial charge in [-0.1, -0.05) is 12.1 Å². The standard InChI is InChI=1S/C20H24F2N2O6/c1-10-5-12(6-11(2)16(10)30-19(21)22)9-24-18(29)15(13(25)7-20(24,3)4)17(28)23-8-14(26)27/h5-6,19,25H,7-9H2,1-4H3,(H,23,28)(H,26,27). The minimum atomic E-state index is -2.96. The molecule has 30 heavy (non-hydrogen) atoms. The number of carboxylic acids is 1. The number of hydrogen-bond acceptors (Lipinski definition) is 5. The smallest absolute Gasteiger partial charge is 0.387 e. The van der Waals surface area contributed by atoms with E-state index in [4.69, 9.17) is 5.11 Å². The number of aliphatic carboxylic acids is 1. The topological polar surface area (TPSA) is 116 Å². The van der Waals surface area contributed by atoms with Crippen molar-refractivity contribution < 1.29 is 38.1 Å². The Morgan fingerprint density at radius 1 is 1.27 bits per heavy atom. The number of hydrogen-bond donors (Lipinski definition) is 3. The first-order valence-electron chi connectivity index (χ1n) is 9.12. The van der Waals surface area contributed by atoms with Gasteiger partial charge in [0.05, 0.1) is 0 Å². The molecule has 8 nitrogen and oxygen atoms in total. The summed E-state index contributed by atoms with van der Waals surface area (Å²) in [7, 11) is 0. The lowest BCUT2D eigenvalue weighted by Crippen LogP contribution is -2.53. The first kappa shape index (κ1) is 23.1. The number of benzene rings is 1. The van der Waals surface area contributed by atoms with Gasteiger partial charge in [0.1, 0.15) is 23.6 Å². The van der Waals surface area contributed by atoms with E-state index in [-0.39, 0.29) is 18.7 Å². The molecule has 1 aromatic rings. The fourth-order valence-electron chi connectivity index (χ4n) is 3.47. The highest BCUT2D eigenvalue weighted by Crippen LogP contribution is 2.34. The summed E-state index contributed by atoms with van der Waals surface area (Å²) in [6, 6.07) is 3.22. The van der Waals surface area contributed by atoms with E-state index < -0.39 is 47.8 Å². The number of carboxylic acid groups (broad SMARTS) is 1. The molecule has 0 spiro atoms. The average molecular weight is 426 g/mol. The number of alkyl halides is 2. The first-order chi connectivity index (χ1) is 13.8. The monoisotopic (exact) mass is 426 g/mol. The van der Waals surface area contributed by atoms with Crippen LogP contribution in [0.4, 0.5) is 8.78 Å². The van der Waals surface area contributed by atoms with Crippen LogP contribution in [0.3, 0.4) is 0 Å². The van der Waals surface area contributed by atoms with E-state index in [1.165, 1.54) is 4.90 Å². The van der Waals surface area contributed by atoms with E-state index in [2.05, 4.69) is 10.1 Å². The SMILES string of the molecule is Cc1cc(CN2C(=O)C(C(=O)NCC(=O)O)=C(O)CC2(C)C)cc(C)c1OC(F)F. The molecular weight excluding hydrogens is 402 g/mol. The molecule has 3 N–H and O–H groups in total. The maximum Gasteiger partial charge on any atom is 0.387 e. The number of nitrogens with zero attached hydrogens (tertiary/aromatic N) is 1. The minimum Gasteiger partial charge on any atom is -0.511 e. The van der Waals surface area contributed by atoms with Crippen LogP contribution in [-0.4, -0.2) is 51.6 Å². The number of nitrogens with one attached hydrogen (secondary N) is 1. The molecule has 0 saturated carbocycles. The number of aliphatic hydroxyl groups is 1. The van der Waals surface area contributed by atoms with Crippen LogP contribution in [0.15, 0.2) is 23.5 Å². The normalized spacial score (nSPS) is 16.1. The van der Waals surface area contributed by atoms with Crippen molar-refractivity contribution in [1.29, 1.82) is 0 Å². The van der Waals surface area contributed by atoms with E-state index >= 15 is 0 Å². The molecule has 0 aromatic heterocycles. The molecule has 164 valence electrons.